The van der Waals surface area contributed by atoms with Crippen molar-refractivity contribution in [1.29, 1.82) is 0 Å². The van der Waals surface area contributed by atoms with E-state index in [0.29, 0.717) is 6.16 Å². The minimum absolute atomic E-state index is 0.00664. The Bertz CT molecular complexity index is 953. The third kappa shape index (κ3) is 3.44. The van der Waals surface area contributed by atoms with E-state index in [1.807, 2.05) is 18.2 Å². The molecule has 4 aromatic rings. The van der Waals surface area contributed by atoms with Gasteiger partial charge in [-0.3, -0.25) is 0 Å². The van der Waals surface area contributed by atoms with Crippen molar-refractivity contribution < 1.29 is 9.50 Å². The van der Waals surface area contributed by atoms with Crippen molar-refractivity contribution in [1.82, 2.24) is 0 Å². The Morgan fingerprint density at radius 1 is 0.607 bits per heavy atom. The zero-order valence-electron chi connectivity index (χ0n) is 15.4. The van der Waals surface area contributed by atoms with Crippen LogP contribution in [0.15, 0.2) is 109 Å². The van der Waals surface area contributed by atoms with Crippen LogP contribution in [0.4, 0.5) is 4.39 Å². The molecule has 0 amide bonds. The minimum Gasteiger partial charge on any atom is -0.507 e. The maximum absolute atomic E-state index is 13.6. The fourth-order valence-electron chi connectivity index (χ4n) is 3.69. The predicted molar refractivity (Wildman–Crippen MR) is 117 cm³/mol. The molecule has 3 heteroatoms. The summed E-state index contributed by atoms with van der Waals surface area (Å²) in [5, 5.41) is 14.2. The van der Waals surface area contributed by atoms with Gasteiger partial charge in [-0.25, -0.2) is 4.39 Å². The highest BCUT2D eigenvalue weighted by Crippen LogP contribution is 2.58. The molecule has 0 fully saturated rings. The number of rotatable bonds is 5. The fourth-order valence-corrected chi connectivity index (χ4v) is 7.96. The summed E-state index contributed by atoms with van der Waals surface area (Å²) in [5.74, 6) is -0.420. The molecule has 0 bridgehead atoms. The van der Waals surface area contributed by atoms with Crippen LogP contribution in [-0.4, -0.2) is 5.11 Å². The quantitative estimate of drug-likeness (QED) is 0.477. The first-order valence-corrected chi connectivity index (χ1v) is 11.2. The third-order valence-electron chi connectivity index (χ3n) is 5.05. The third-order valence-corrected chi connectivity index (χ3v) is 9.40. The smallest absolute Gasteiger partial charge is 0.126 e. The molecule has 28 heavy (non-hydrogen) atoms. The van der Waals surface area contributed by atoms with E-state index in [1.165, 1.54) is 28.0 Å². The molecule has 0 aromatic heterocycles. The van der Waals surface area contributed by atoms with E-state index in [9.17, 15) is 9.50 Å². The first-order chi connectivity index (χ1) is 13.7. The van der Waals surface area contributed by atoms with Crippen LogP contribution in [-0.2, 0) is 6.16 Å². The Morgan fingerprint density at radius 3 is 1.43 bits per heavy atom. The lowest BCUT2D eigenvalue weighted by atomic mass is 10.2. The average molecular weight is 387 g/mol. The molecule has 0 spiro atoms. The minimum atomic E-state index is -2.10. The van der Waals surface area contributed by atoms with Crippen LogP contribution in [0.1, 0.15) is 5.56 Å². The number of halogens is 1. The SMILES string of the molecule is Oc1cc(F)ccc1C[P+](c1ccccc1)(c1ccccc1)c1ccccc1. The van der Waals surface area contributed by atoms with Crippen LogP contribution in [0, 0.1) is 5.82 Å². The molecule has 1 N–H and O–H groups in total. The average Bonchev–Trinajstić information content (AvgIpc) is 2.75. The van der Waals surface area contributed by atoms with E-state index in [1.54, 1.807) is 6.07 Å². The lowest BCUT2D eigenvalue weighted by Gasteiger charge is -2.28. The predicted octanol–water partition coefficient (Wildman–Crippen LogP) is 5.03. The van der Waals surface area contributed by atoms with Gasteiger partial charge in [-0.15, -0.1) is 0 Å². The molecule has 4 aromatic carbocycles. The highest BCUT2D eigenvalue weighted by molar-refractivity contribution is 7.95. The van der Waals surface area contributed by atoms with Crippen molar-refractivity contribution in [3.8, 4) is 5.75 Å². The van der Waals surface area contributed by atoms with Crippen molar-refractivity contribution in [3.05, 3.63) is 121 Å². The lowest BCUT2D eigenvalue weighted by molar-refractivity contribution is 0.464. The summed E-state index contributed by atoms with van der Waals surface area (Å²) in [5.41, 5.74) is 0.756. The van der Waals surface area contributed by atoms with E-state index >= 15 is 0 Å². The molecule has 0 atom stereocenters. The molecule has 0 heterocycles. The molecule has 0 aliphatic rings. The van der Waals surface area contributed by atoms with E-state index in [4.69, 9.17) is 0 Å². The summed E-state index contributed by atoms with van der Waals surface area (Å²) in [6.07, 6.45) is 0.622. The monoisotopic (exact) mass is 387 g/mol. The molecule has 0 aliphatic carbocycles. The summed E-state index contributed by atoms with van der Waals surface area (Å²) in [6.45, 7) is 0. The number of aromatic hydroxyl groups is 1. The van der Waals surface area contributed by atoms with Crippen molar-refractivity contribution >= 4 is 23.2 Å². The van der Waals surface area contributed by atoms with Gasteiger partial charge in [-0.2, -0.15) is 0 Å². The van der Waals surface area contributed by atoms with Gasteiger partial charge in [0.2, 0.25) is 0 Å². The summed E-state index contributed by atoms with van der Waals surface area (Å²) in [7, 11) is -2.10. The van der Waals surface area contributed by atoms with Crippen molar-refractivity contribution in [2.24, 2.45) is 0 Å². The van der Waals surface area contributed by atoms with E-state index in [-0.39, 0.29) is 5.75 Å². The van der Waals surface area contributed by atoms with Crippen LogP contribution >= 0.6 is 7.26 Å². The summed E-state index contributed by atoms with van der Waals surface area (Å²) in [6, 6.07) is 35.7. The number of phenols is 1. The van der Waals surface area contributed by atoms with Gasteiger partial charge in [-0.05, 0) is 48.5 Å². The van der Waals surface area contributed by atoms with Crippen LogP contribution in [0.25, 0.3) is 0 Å². The Labute approximate surface area is 165 Å². The van der Waals surface area contributed by atoms with Gasteiger partial charge in [-0.1, -0.05) is 54.6 Å². The first kappa shape index (κ1) is 18.4. The van der Waals surface area contributed by atoms with Crippen LogP contribution in [0.3, 0.4) is 0 Å². The van der Waals surface area contributed by atoms with Crippen LogP contribution in [0.2, 0.25) is 0 Å². The molecular weight excluding hydrogens is 366 g/mol. The molecule has 0 saturated heterocycles. The highest BCUT2D eigenvalue weighted by Gasteiger charge is 2.45. The molecule has 0 radical (unpaired) electrons. The Balaban J connectivity index is 2.01. The number of hydrogen-bond acceptors (Lipinski definition) is 1. The maximum Gasteiger partial charge on any atom is 0.126 e. The standard InChI is InChI=1S/C25H20FOP/c26-21-17-16-20(25(27)18-21)19-28(22-10-4-1-5-11-22,23-12-6-2-7-13-23)24-14-8-3-9-15-24/h1-18H,19H2/p+1. The molecular formula is C25H21FOP+. The Hall–Kier alpha value is -2.96. The van der Waals surface area contributed by atoms with E-state index < -0.39 is 13.1 Å². The highest BCUT2D eigenvalue weighted by atomic mass is 31.2. The van der Waals surface area contributed by atoms with Gasteiger partial charge in [0.15, 0.2) is 0 Å². The second kappa shape index (κ2) is 7.96. The van der Waals surface area contributed by atoms with E-state index in [0.717, 1.165) is 5.56 Å². The van der Waals surface area contributed by atoms with Crippen LogP contribution < -0.4 is 15.9 Å². The molecule has 138 valence electrons. The lowest BCUT2D eigenvalue weighted by Crippen LogP contribution is -2.32. The topological polar surface area (TPSA) is 20.2 Å². The van der Waals surface area contributed by atoms with Gasteiger partial charge in [0.1, 0.15) is 40.9 Å². The summed E-state index contributed by atoms with van der Waals surface area (Å²) >= 11 is 0. The second-order valence-corrected chi connectivity index (χ2v) is 10.2. The number of phenolic OH excluding ortho intramolecular Hbond substituents is 1. The van der Waals surface area contributed by atoms with Gasteiger partial charge in [0.25, 0.3) is 0 Å². The molecule has 4 rings (SSSR count). The first-order valence-electron chi connectivity index (χ1n) is 9.22. The molecule has 0 saturated carbocycles. The number of hydrogen-bond donors (Lipinski definition) is 1. The Morgan fingerprint density at radius 2 is 1.04 bits per heavy atom. The van der Waals surface area contributed by atoms with Crippen molar-refractivity contribution in [2.75, 3.05) is 0 Å². The Kier molecular flexibility index (Phi) is 5.23. The molecule has 0 unspecified atom stereocenters. The summed E-state index contributed by atoms with van der Waals surface area (Å²) in [4.78, 5) is 0. The maximum atomic E-state index is 13.6. The second-order valence-electron chi connectivity index (χ2n) is 6.75. The molecule has 1 nitrogen and oxygen atoms in total. The van der Waals surface area contributed by atoms with Gasteiger partial charge < -0.3 is 5.11 Å². The summed E-state index contributed by atoms with van der Waals surface area (Å²) < 4.78 is 13.6. The fraction of sp³-hybridized carbons (Fsp3) is 0.0400. The normalized spacial score (nSPS) is 11.3. The largest absolute Gasteiger partial charge is 0.507 e. The van der Waals surface area contributed by atoms with Gasteiger partial charge >= 0.3 is 0 Å². The van der Waals surface area contributed by atoms with E-state index in [2.05, 4.69) is 72.8 Å². The zero-order valence-corrected chi connectivity index (χ0v) is 16.3. The molecule has 0 aliphatic heterocycles. The van der Waals surface area contributed by atoms with Crippen molar-refractivity contribution in [2.45, 2.75) is 6.16 Å². The van der Waals surface area contributed by atoms with Crippen LogP contribution in [0.5, 0.6) is 5.75 Å². The van der Waals surface area contributed by atoms with Gasteiger partial charge in [0, 0.05) is 11.6 Å². The van der Waals surface area contributed by atoms with Crippen molar-refractivity contribution in [3.63, 3.8) is 0 Å². The van der Waals surface area contributed by atoms with Gasteiger partial charge in [0.05, 0.1) is 0 Å². The zero-order chi connectivity index (χ0) is 19.4. The number of benzene rings is 4.